The number of para-hydroxylation sites is 1. The van der Waals surface area contributed by atoms with E-state index >= 15 is 0 Å². The van der Waals surface area contributed by atoms with Crippen LogP contribution in [0.5, 0.6) is 0 Å². The van der Waals surface area contributed by atoms with Crippen LogP contribution in [-0.2, 0) is 11.2 Å². The van der Waals surface area contributed by atoms with Gasteiger partial charge in [-0.05, 0) is 52.8 Å². The molecule has 0 radical (unpaired) electrons. The summed E-state index contributed by atoms with van der Waals surface area (Å²) in [6.07, 6.45) is 0.741. The highest BCUT2D eigenvalue weighted by molar-refractivity contribution is 14.1. The fourth-order valence-electron chi connectivity index (χ4n) is 2.06. The molecule has 0 saturated carbocycles. The zero-order valence-corrected chi connectivity index (χ0v) is 14.8. The van der Waals surface area contributed by atoms with Gasteiger partial charge in [-0.25, -0.2) is 9.59 Å². The summed E-state index contributed by atoms with van der Waals surface area (Å²) in [5.41, 5.74) is 1.93. The maximum absolute atomic E-state index is 12.0. The van der Waals surface area contributed by atoms with E-state index < -0.39 is 5.97 Å². The SMILES string of the molecule is COC(=O)c1ccccc1NC(=O)NCCc1ccccc1I. The first kappa shape index (κ1) is 17.3. The lowest BCUT2D eigenvalue weighted by molar-refractivity contribution is 0.0602. The topological polar surface area (TPSA) is 67.4 Å². The van der Waals surface area contributed by atoms with Crippen molar-refractivity contribution in [3.05, 3.63) is 63.2 Å². The highest BCUT2D eigenvalue weighted by atomic mass is 127. The van der Waals surface area contributed by atoms with Gasteiger partial charge in [0.25, 0.3) is 0 Å². The van der Waals surface area contributed by atoms with E-state index in [9.17, 15) is 9.59 Å². The van der Waals surface area contributed by atoms with Crippen molar-refractivity contribution in [3.63, 3.8) is 0 Å². The molecule has 2 rings (SSSR count). The van der Waals surface area contributed by atoms with Crippen molar-refractivity contribution in [1.82, 2.24) is 5.32 Å². The largest absolute Gasteiger partial charge is 0.465 e. The van der Waals surface area contributed by atoms with Gasteiger partial charge in [0.2, 0.25) is 0 Å². The van der Waals surface area contributed by atoms with Crippen molar-refractivity contribution in [2.24, 2.45) is 0 Å². The van der Waals surface area contributed by atoms with Crippen LogP contribution >= 0.6 is 22.6 Å². The number of carbonyl (C=O) groups is 2. The van der Waals surface area contributed by atoms with E-state index in [1.807, 2.05) is 24.3 Å². The Morgan fingerprint density at radius 3 is 2.52 bits per heavy atom. The fraction of sp³-hybridized carbons (Fsp3) is 0.176. The third-order valence-electron chi connectivity index (χ3n) is 3.22. The molecule has 0 aromatic heterocycles. The number of urea groups is 1. The molecule has 2 aromatic rings. The van der Waals surface area contributed by atoms with E-state index in [1.165, 1.54) is 16.2 Å². The Kier molecular flexibility index (Phi) is 6.40. The third kappa shape index (κ3) is 4.95. The number of esters is 1. The van der Waals surface area contributed by atoms with Crippen LogP contribution in [-0.4, -0.2) is 25.7 Å². The van der Waals surface area contributed by atoms with Gasteiger partial charge in [-0.3, -0.25) is 0 Å². The first-order valence-corrected chi connectivity index (χ1v) is 8.15. The Morgan fingerprint density at radius 1 is 1.09 bits per heavy atom. The van der Waals surface area contributed by atoms with Gasteiger partial charge in [0, 0.05) is 10.1 Å². The second kappa shape index (κ2) is 8.52. The number of hydrogen-bond acceptors (Lipinski definition) is 3. The molecule has 0 fully saturated rings. The molecule has 2 amide bonds. The predicted molar refractivity (Wildman–Crippen MR) is 97.7 cm³/mol. The summed E-state index contributed by atoms with van der Waals surface area (Å²) in [6, 6.07) is 14.4. The van der Waals surface area contributed by atoms with Crippen LogP contribution in [0.4, 0.5) is 10.5 Å². The van der Waals surface area contributed by atoms with Gasteiger partial charge in [-0.15, -0.1) is 0 Å². The Morgan fingerprint density at radius 2 is 1.78 bits per heavy atom. The van der Waals surface area contributed by atoms with Crippen molar-refractivity contribution < 1.29 is 14.3 Å². The first-order chi connectivity index (χ1) is 11.1. The third-order valence-corrected chi connectivity index (χ3v) is 4.27. The molecule has 0 atom stereocenters. The summed E-state index contributed by atoms with van der Waals surface area (Å²) in [7, 11) is 1.31. The number of rotatable bonds is 5. The summed E-state index contributed by atoms with van der Waals surface area (Å²) in [6.45, 7) is 0.506. The lowest BCUT2D eigenvalue weighted by atomic mass is 10.1. The van der Waals surface area contributed by atoms with E-state index in [0.29, 0.717) is 17.8 Å². The van der Waals surface area contributed by atoms with Crippen LogP contribution in [0.2, 0.25) is 0 Å². The van der Waals surface area contributed by atoms with Crippen molar-refractivity contribution >= 4 is 40.3 Å². The molecule has 0 unspecified atom stereocenters. The number of benzene rings is 2. The van der Waals surface area contributed by atoms with Crippen molar-refractivity contribution in [2.45, 2.75) is 6.42 Å². The molecule has 2 N–H and O–H groups in total. The van der Waals surface area contributed by atoms with E-state index in [1.54, 1.807) is 24.3 Å². The van der Waals surface area contributed by atoms with Crippen LogP contribution in [0, 0.1) is 3.57 Å². The van der Waals surface area contributed by atoms with Crippen LogP contribution in [0.1, 0.15) is 15.9 Å². The minimum Gasteiger partial charge on any atom is -0.465 e. The molecule has 0 bridgehead atoms. The van der Waals surface area contributed by atoms with Crippen molar-refractivity contribution in [1.29, 1.82) is 0 Å². The smallest absolute Gasteiger partial charge is 0.339 e. The molecular weight excluding hydrogens is 407 g/mol. The molecule has 0 heterocycles. The molecule has 0 spiro atoms. The van der Waals surface area contributed by atoms with Gasteiger partial charge in [0.1, 0.15) is 0 Å². The molecule has 0 aliphatic heterocycles. The number of amides is 2. The second-order valence-electron chi connectivity index (χ2n) is 4.76. The van der Waals surface area contributed by atoms with E-state index in [4.69, 9.17) is 4.74 Å². The van der Waals surface area contributed by atoms with Crippen LogP contribution in [0.15, 0.2) is 48.5 Å². The number of hydrogen-bond donors (Lipinski definition) is 2. The molecule has 5 nitrogen and oxygen atoms in total. The minimum absolute atomic E-state index is 0.322. The average Bonchev–Trinajstić information content (AvgIpc) is 2.56. The lowest BCUT2D eigenvalue weighted by Crippen LogP contribution is -2.31. The molecule has 0 saturated heterocycles. The number of halogens is 1. The summed E-state index contributed by atoms with van der Waals surface area (Å²) < 4.78 is 5.87. The Labute approximate surface area is 148 Å². The van der Waals surface area contributed by atoms with E-state index in [0.717, 1.165) is 6.42 Å². The van der Waals surface area contributed by atoms with Crippen molar-refractivity contribution in [3.8, 4) is 0 Å². The summed E-state index contributed by atoms with van der Waals surface area (Å²) in [5.74, 6) is -0.486. The maximum Gasteiger partial charge on any atom is 0.339 e. The highest BCUT2D eigenvalue weighted by Gasteiger charge is 2.12. The fourth-order valence-corrected chi connectivity index (χ4v) is 2.72. The van der Waals surface area contributed by atoms with Gasteiger partial charge >= 0.3 is 12.0 Å². The Balaban J connectivity index is 1.91. The zero-order valence-electron chi connectivity index (χ0n) is 12.6. The molecular formula is C17H17IN2O3. The normalized spacial score (nSPS) is 10.0. The molecule has 0 aliphatic carbocycles. The minimum atomic E-state index is -0.486. The summed E-state index contributed by atoms with van der Waals surface area (Å²) in [4.78, 5) is 23.6. The molecule has 2 aromatic carbocycles. The Hall–Kier alpha value is -2.09. The molecule has 6 heteroatoms. The Bertz CT molecular complexity index is 704. The monoisotopic (exact) mass is 424 g/mol. The van der Waals surface area contributed by atoms with Crippen LogP contribution < -0.4 is 10.6 Å². The zero-order chi connectivity index (χ0) is 16.7. The molecule has 0 aliphatic rings. The predicted octanol–water partition coefficient (Wildman–Crippen LogP) is 3.44. The number of anilines is 1. The number of methoxy groups -OCH3 is 1. The van der Waals surface area contributed by atoms with Gasteiger partial charge < -0.3 is 15.4 Å². The van der Waals surface area contributed by atoms with Crippen LogP contribution in [0.25, 0.3) is 0 Å². The lowest BCUT2D eigenvalue weighted by Gasteiger charge is -2.11. The first-order valence-electron chi connectivity index (χ1n) is 7.07. The van der Waals surface area contributed by atoms with E-state index in [2.05, 4.69) is 33.2 Å². The average molecular weight is 424 g/mol. The molecule has 23 heavy (non-hydrogen) atoms. The van der Waals surface area contributed by atoms with Crippen LogP contribution in [0.3, 0.4) is 0 Å². The number of nitrogens with one attached hydrogen (secondary N) is 2. The standard InChI is InChI=1S/C17H17IN2O3/c1-23-16(21)13-7-3-5-9-15(13)20-17(22)19-11-10-12-6-2-4-8-14(12)18/h2-9H,10-11H2,1H3,(H2,19,20,22). The summed E-state index contributed by atoms with van der Waals surface area (Å²) in [5, 5.41) is 5.46. The van der Waals surface area contributed by atoms with E-state index in [-0.39, 0.29) is 6.03 Å². The maximum atomic E-state index is 12.0. The van der Waals surface area contributed by atoms with Crippen molar-refractivity contribution in [2.75, 3.05) is 19.0 Å². The van der Waals surface area contributed by atoms with Gasteiger partial charge in [-0.1, -0.05) is 30.3 Å². The number of carbonyl (C=O) groups excluding carboxylic acids is 2. The molecule has 120 valence electrons. The second-order valence-corrected chi connectivity index (χ2v) is 5.92. The van der Waals surface area contributed by atoms with Gasteiger partial charge in [0.15, 0.2) is 0 Å². The highest BCUT2D eigenvalue weighted by Crippen LogP contribution is 2.16. The van der Waals surface area contributed by atoms with Gasteiger partial charge in [0.05, 0.1) is 18.4 Å². The summed E-state index contributed by atoms with van der Waals surface area (Å²) >= 11 is 2.27. The number of ether oxygens (including phenoxy) is 1. The quantitative estimate of drug-likeness (QED) is 0.571. The van der Waals surface area contributed by atoms with Gasteiger partial charge in [-0.2, -0.15) is 0 Å².